The number of hydrogen-bond donors (Lipinski definition) is 1. The fourth-order valence-corrected chi connectivity index (χ4v) is 5.05. The first kappa shape index (κ1) is 21.9. The van der Waals surface area contributed by atoms with Crippen LogP contribution in [0.15, 0.2) is 37.2 Å². The second-order valence-corrected chi connectivity index (χ2v) is 9.38. The van der Waals surface area contributed by atoms with Gasteiger partial charge < -0.3 is 10.2 Å². The fraction of sp³-hybridized carbons (Fsp3) is 0.556. The standard InChI is InChI=1S/C27H38N4/c1-4-5-6-10-13-24-19-31(24)27-15-22(25-16-23(28-3)18-29-20(25)2)17-30-26(27)14-21-11-8-7-9-12-21/h4,15-18,21,24,28H,1,5-14,19H2,2-3H3. The molecule has 2 aromatic heterocycles. The number of nitrogens with zero attached hydrogens (tertiary/aromatic N) is 3. The highest BCUT2D eigenvalue weighted by Gasteiger charge is 2.35. The normalized spacial score (nSPS) is 18.8. The molecular weight excluding hydrogens is 380 g/mol. The van der Waals surface area contributed by atoms with Gasteiger partial charge in [0.05, 0.1) is 23.3 Å². The summed E-state index contributed by atoms with van der Waals surface area (Å²) in [4.78, 5) is 12.2. The van der Waals surface area contributed by atoms with Crippen LogP contribution < -0.4 is 10.2 Å². The van der Waals surface area contributed by atoms with Crippen molar-refractivity contribution in [1.29, 1.82) is 0 Å². The molecule has 1 N–H and O–H groups in total. The van der Waals surface area contributed by atoms with Crippen molar-refractivity contribution < 1.29 is 0 Å². The van der Waals surface area contributed by atoms with E-state index in [2.05, 4.69) is 47.0 Å². The van der Waals surface area contributed by atoms with E-state index < -0.39 is 0 Å². The molecule has 4 nitrogen and oxygen atoms in total. The average molecular weight is 419 g/mol. The van der Waals surface area contributed by atoms with Gasteiger partial charge in [-0.25, -0.2) is 0 Å². The number of aryl methyl sites for hydroxylation is 1. The topological polar surface area (TPSA) is 40.8 Å². The van der Waals surface area contributed by atoms with Gasteiger partial charge in [0.1, 0.15) is 0 Å². The van der Waals surface area contributed by atoms with Crippen LogP contribution in [0.25, 0.3) is 11.1 Å². The molecule has 4 rings (SSSR count). The smallest absolute Gasteiger partial charge is 0.0640 e. The summed E-state index contributed by atoms with van der Waals surface area (Å²) in [6, 6.07) is 5.26. The van der Waals surface area contributed by atoms with Crippen molar-refractivity contribution >= 4 is 11.4 Å². The summed E-state index contributed by atoms with van der Waals surface area (Å²) in [6.45, 7) is 7.11. The maximum Gasteiger partial charge on any atom is 0.0640 e. The lowest BCUT2D eigenvalue weighted by atomic mass is 9.85. The zero-order valence-electron chi connectivity index (χ0n) is 19.4. The third-order valence-corrected chi connectivity index (χ3v) is 7.06. The van der Waals surface area contributed by atoms with E-state index >= 15 is 0 Å². The molecule has 0 radical (unpaired) electrons. The number of rotatable bonds is 10. The van der Waals surface area contributed by atoms with Gasteiger partial charge in [0.25, 0.3) is 0 Å². The Morgan fingerprint density at radius 3 is 2.74 bits per heavy atom. The van der Waals surface area contributed by atoms with Crippen LogP contribution in [0.1, 0.15) is 69.2 Å². The molecule has 4 heteroatoms. The Balaban J connectivity index is 1.58. The van der Waals surface area contributed by atoms with Crippen LogP contribution in [0, 0.1) is 12.8 Å². The minimum absolute atomic E-state index is 0.676. The molecule has 1 unspecified atom stereocenters. The largest absolute Gasteiger partial charge is 0.387 e. The highest BCUT2D eigenvalue weighted by atomic mass is 15.3. The minimum atomic E-state index is 0.676. The van der Waals surface area contributed by atoms with Crippen LogP contribution in [0.3, 0.4) is 0 Å². The molecule has 2 fully saturated rings. The molecule has 0 spiro atoms. The lowest BCUT2D eigenvalue weighted by molar-refractivity contribution is 0.354. The summed E-state index contributed by atoms with van der Waals surface area (Å²) in [6.07, 6.45) is 19.0. The van der Waals surface area contributed by atoms with Crippen LogP contribution in [0.5, 0.6) is 0 Å². The summed E-state index contributed by atoms with van der Waals surface area (Å²) in [5.41, 5.74) is 7.13. The second kappa shape index (κ2) is 10.3. The SMILES string of the molecule is C=CCCCCC1CN1c1cc(-c2cc(NC)cnc2C)cnc1CC1CCCCC1. The zero-order valence-corrected chi connectivity index (χ0v) is 19.4. The summed E-state index contributed by atoms with van der Waals surface area (Å²) in [5, 5.41) is 3.22. The van der Waals surface area contributed by atoms with Crippen LogP contribution in [-0.4, -0.2) is 29.6 Å². The monoisotopic (exact) mass is 418 g/mol. The molecule has 0 aromatic carbocycles. The molecule has 31 heavy (non-hydrogen) atoms. The predicted molar refractivity (Wildman–Crippen MR) is 132 cm³/mol. The van der Waals surface area contributed by atoms with E-state index in [0.29, 0.717) is 6.04 Å². The molecule has 3 heterocycles. The quantitative estimate of drug-likeness (QED) is 0.270. The van der Waals surface area contributed by atoms with Crippen LogP contribution in [-0.2, 0) is 6.42 Å². The fourth-order valence-electron chi connectivity index (χ4n) is 5.05. The molecular formula is C27H38N4. The highest BCUT2D eigenvalue weighted by molar-refractivity contribution is 5.74. The van der Waals surface area contributed by atoms with Crippen LogP contribution >= 0.6 is 0 Å². The van der Waals surface area contributed by atoms with Gasteiger partial charge in [-0.05, 0) is 50.7 Å². The molecule has 1 saturated heterocycles. The molecule has 166 valence electrons. The van der Waals surface area contributed by atoms with E-state index in [9.17, 15) is 0 Å². The van der Waals surface area contributed by atoms with E-state index in [4.69, 9.17) is 4.98 Å². The van der Waals surface area contributed by atoms with Gasteiger partial charge in [-0.1, -0.05) is 44.6 Å². The molecule has 1 aliphatic carbocycles. The van der Waals surface area contributed by atoms with Crippen molar-refractivity contribution in [2.24, 2.45) is 5.92 Å². The van der Waals surface area contributed by atoms with E-state index in [1.807, 2.05) is 19.3 Å². The Morgan fingerprint density at radius 1 is 1.13 bits per heavy atom. The van der Waals surface area contributed by atoms with Crippen molar-refractivity contribution in [2.45, 2.75) is 77.2 Å². The highest BCUT2D eigenvalue weighted by Crippen LogP contribution is 2.38. The van der Waals surface area contributed by atoms with Crippen molar-refractivity contribution in [3.05, 3.63) is 48.6 Å². The average Bonchev–Trinajstić information content (AvgIpc) is 3.57. The first-order valence-electron chi connectivity index (χ1n) is 12.2. The Morgan fingerprint density at radius 2 is 1.97 bits per heavy atom. The molecule has 0 amide bonds. The summed E-state index contributed by atoms with van der Waals surface area (Å²) >= 11 is 0. The second-order valence-electron chi connectivity index (χ2n) is 9.38. The van der Waals surface area contributed by atoms with Crippen molar-refractivity contribution in [3.8, 4) is 11.1 Å². The van der Waals surface area contributed by atoms with Crippen LogP contribution in [0.4, 0.5) is 11.4 Å². The third kappa shape index (κ3) is 5.47. The minimum Gasteiger partial charge on any atom is -0.387 e. The summed E-state index contributed by atoms with van der Waals surface area (Å²) < 4.78 is 0. The van der Waals surface area contributed by atoms with E-state index in [1.54, 1.807) is 0 Å². The Bertz CT molecular complexity index is 885. The summed E-state index contributed by atoms with van der Waals surface area (Å²) in [5.74, 6) is 0.799. The van der Waals surface area contributed by atoms with Crippen molar-refractivity contribution in [1.82, 2.24) is 9.97 Å². The van der Waals surface area contributed by atoms with E-state index in [0.717, 1.165) is 30.1 Å². The maximum absolute atomic E-state index is 5.05. The van der Waals surface area contributed by atoms with Crippen molar-refractivity contribution in [2.75, 3.05) is 23.8 Å². The lowest BCUT2D eigenvalue weighted by Gasteiger charge is -2.23. The zero-order chi connectivity index (χ0) is 21.6. The number of aromatic nitrogens is 2. The van der Waals surface area contributed by atoms with E-state index in [-0.39, 0.29) is 0 Å². The maximum atomic E-state index is 5.05. The van der Waals surface area contributed by atoms with Crippen LogP contribution in [0.2, 0.25) is 0 Å². The number of unbranched alkanes of at least 4 members (excludes halogenated alkanes) is 2. The number of hydrogen-bond acceptors (Lipinski definition) is 4. The Labute approximate surface area is 188 Å². The Hall–Kier alpha value is -2.36. The first-order chi connectivity index (χ1) is 15.2. The van der Waals surface area contributed by atoms with Gasteiger partial charge in [0.15, 0.2) is 0 Å². The van der Waals surface area contributed by atoms with Gasteiger partial charge in [-0.2, -0.15) is 0 Å². The third-order valence-electron chi connectivity index (χ3n) is 7.06. The van der Waals surface area contributed by atoms with Gasteiger partial charge in [-0.3, -0.25) is 9.97 Å². The van der Waals surface area contributed by atoms with Gasteiger partial charge in [0, 0.05) is 42.7 Å². The van der Waals surface area contributed by atoms with Gasteiger partial charge >= 0.3 is 0 Å². The Kier molecular flexibility index (Phi) is 7.26. The molecule has 2 aliphatic rings. The lowest BCUT2D eigenvalue weighted by Crippen LogP contribution is -2.13. The molecule has 1 saturated carbocycles. The predicted octanol–water partition coefficient (Wildman–Crippen LogP) is 6.55. The summed E-state index contributed by atoms with van der Waals surface area (Å²) in [7, 11) is 1.94. The molecule has 1 aliphatic heterocycles. The number of allylic oxidation sites excluding steroid dienone is 1. The molecule has 1 atom stereocenters. The van der Waals surface area contributed by atoms with Crippen molar-refractivity contribution in [3.63, 3.8) is 0 Å². The first-order valence-corrected chi connectivity index (χ1v) is 12.2. The molecule has 2 aromatic rings. The van der Waals surface area contributed by atoms with Gasteiger partial charge in [-0.15, -0.1) is 6.58 Å². The number of pyridine rings is 2. The number of anilines is 2. The van der Waals surface area contributed by atoms with E-state index in [1.165, 1.54) is 80.4 Å². The molecule has 0 bridgehead atoms. The van der Waals surface area contributed by atoms with Gasteiger partial charge in [0.2, 0.25) is 0 Å². The number of nitrogens with one attached hydrogen (secondary N) is 1.